The van der Waals surface area contributed by atoms with E-state index in [9.17, 15) is 10.1 Å². The molecule has 0 radical (unpaired) electrons. The summed E-state index contributed by atoms with van der Waals surface area (Å²) in [6.45, 7) is 3.98. The SMILES string of the molecule is Cc1ccc(C)c(Sc2cc([N+](=O)[O-])cc(NN)n2)c1. The smallest absolute Gasteiger partial charge is 0.275 e. The van der Waals surface area contributed by atoms with Gasteiger partial charge in [0.05, 0.1) is 11.0 Å². The zero-order valence-corrected chi connectivity index (χ0v) is 11.9. The predicted octanol–water partition coefficient (Wildman–Crippen LogP) is 3.04. The number of nitrogens with two attached hydrogens (primary N) is 1. The summed E-state index contributed by atoms with van der Waals surface area (Å²) in [5.74, 6) is 5.56. The van der Waals surface area contributed by atoms with Crippen LogP contribution in [0.3, 0.4) is 0 Å². The Morgan fingerprint density at radius 1 is 1.30 bits per heavy atom. The molecule has 1 aromatic carbocycles. The van der Waals surface area contributed by atoms with Gasteiger partial charge in [0.2, 0.25) is 0 Å². The number of pyridine rings is 1. The van der Waals surface area contributed by atoms with Crippen molar-refractivity contribution in [2.24, 2.45) is 5.84 Å². The minimum absolute atomic E-state index is 0.0410. The minimum Gasteiger partial charge on any atom is -0.308 e. The molecule has 0 bridgehead atoms. The fourth-order valence-corrected chi connectivity index (χ4v) is 2.68. The largest absolute Gasteiger partial charge is 0.308 e. The lowest BCUT2D eigenvalue weighted by Crippen LogP contribution is -2.09. The van der Waals surface area contributed by atoms with Crippen LogP contribution in [0.5, 0.6) is 0 Å². The zero-order valence-electron chi connectivity index (χ0n) is 11.1. The van der Waals surface area contributed by atoms with Gasteiger partial charge in [-0.1, -0.05) is 23.9 Å². The molecule has 0 aliphatic carbocycles. The van der Waals surface area contributed by atoms with Gasteiger partial charge in [0.15, 0.2) is 0 Å². The average molecular weight is 290 g/mol. The molecule has 20 heavy (non-hydrogen) atoms. The molecule has 0 aliphatic rings. The first-order chi connectivity index (χ1) is 9.49. The van der Waals surface area contributed by atoms with Crippen LogP contribution in [0.4, 0.5) is 11.5 Å². The molecule has 1 aromatic heterocycles. The van der Waals surface area contributed by atoms with Gasteiger partial charge < -0.3 is 5.43 Å². The second-order valence-corrected chi connectivity index (χ2v) is 5.38. The maximum Gasteiger partial charge on any atom is 0.275 e. The number of aromatic nitrogens is 1. The van der Waals surface area contributed by atoms with Crippen molar-refractivity contribution < 1.29 is 4.92 Å². The van der Waals surface area contributed by atoms with E-state index in [1.165, 1.54) is 23.9 Å². The molecule has 0 fully saturated rings. The molecule has 0 unspecified atom stereocenters. The maximum atomic E-state index is 10.9. The van der Waals surface area contributed by atoms with Gasteiger partial charge in [-0.3, -0.25) is 10.1 Å². The maximum absolute atomic E-state index is 10.9. The van der Waals surface area contributed by atoms with Crippen molar-refractivity contribution in [1.29, 1.82) is 0 Å². The van der Waals surface area contributed by atoms with Crippen molar-refractivity contribution in [1.82, 2.24) is 4.98 Å². The Labute approximate surface area is 120 Å². The number of hydrazine groups is 1. The van der Waals surface area contributed by atoms with E-state index >= 15 is 0 Å². The van der Waals surface area contributed by atoms with Crippen molar-refractivity contribution in [3.05, 3.63) is 51.6 Å². The van der Waals surface area contributed by atoms with Crippen LogP contribution in [-0.4, -0.2) is 9.91 Å². The number of rotatable bonds is 4. The standard InChI is InChI=1S/C13H14N4O2S/c1-8-3-4-9(2)11(5-8)20-13-7-10(17(18)19)6-12(15-13)16-14/h3-7H,14H2,1-2H3,(H,15,16). The van der Waals surface area contributed by atoms with Crippen molar-refractivity contribution in [2.75, 3.05) is 5.43 Å². The molecule has 1 heterocycles. The molecule has 3 N–H and O–H groups in total. The number of nitrogens with zero attached hydrogens (tertiary/aromatic N) is 2. The van der Waals surface area contributed by atoms with E-state index in [0.717, 1.165) is 16.0 Å². The molecule has 104 valence electrons. The number of aryl methyl sites for hydroxylation is 2. The van der Waals surface area contributed by atoms with Gasteiger partial charge in [0.25, 0.3) is 5.69 Å². The summed E-state index contributed by atoms with van der Waals surface area (Å²) >= 11 is 1.38. The molecule has 6 nitrogen and oxygen atoms in total. The zero-order chi connectivity index (χ0) is 14.7. The van der Waals surface area contributed by atoms with Crippen LogP contribution in [0, 0.1) is 24.0 Å². The molecule has 2 aromatic rings. The highest BCUT2D eigenvalue weighted by Gasteiger charge is 2.12. The van der Waals surface area contributed by atoms with Gasteiger partial charge in [-0.2, -0.15) is 0 Å². The first-order valence-electron chi connectivity index (χ1n) is 5.88. The summed E-state index contributed by atoms with van der Waals surface area (Å²) in [6, 6.07) is 8.79. The van der Waals surface area contributed by atoms with E-state index in [2.05, 4.69) is 10.4 Å². The van der Waals surface area contributed by atoms with Crippen molar-refractivity contribution in [3.63, 3.8) is 0 Å². The molecule has 0 saturated heterocycles. The second kappa shape index (κ2) is 5.89. The summed E-state index contributed by atoms with van der Waals surface area (Å²) in [5.41, 5.74) is 4.52. The van der Waals surface area contributed by atoms with Crippen LogP contribution < -0.4 is 11.3 Å². The van der Waals surface area contributed by atoms with Gasteiger partial charge in [0, 0.05) is 11.0 Å². The number of nitrogen functional groups attached to an aromatic ring is 1. The van der Waals surface area contributed by atoms with E-state index in [0.29, 0.717) is 5.03 Å². The van der Waals surface area contributed by atoms with Crippen molar-refractivity contribution in [3.8, 4) is 0 Å². The van der Waals surface area contributed by atoms with Crippen molar-refractivity contribution >= 4 is 23.3 Å². The minimum atomic E-state index is -0.463. The van der Waals surface area contributed by atoms with Crippen LogP contribution in [-0.2, 0) is 0 Å². The summed E-state index contributed by atoms with van der Waals surface area (Å²) in [7, 11) is 0. The first kappa shape index (κ1) is 14.3. The number of benzene rings is 1. The van der Waals surface area contributed by atoms with Gasteiger partial charge in [-0.15, -0.1) is 0 Å². The normalized spacial score (nSPS) is 10.3. The number of hydrogen-bond acceptors (Lipinski definition) is 6. The summed E-state index contributed by atoms with van der Waals surface area (Å²) < 4.78 is 0. The van der Waals surface area contributed by atoms with E-state index in [1.807, 2.05) is 32.0 Å². The van der Waals surface area contributed by atoms with E-state index < -0.39 is 4.92 Å². The molecular weight excluding hydrogens is 276 g/mol. The topological polar surface area (TPSA) is 94.1 Å². The monoisotopic (exact) mass is 290 g/mol. The van der Waals surface area contributed by atoms with Gasteiger partial charge in [-0.25, -0.2) is 10.8 Å². The summed E-state index contributed by atoms with van der Waals surface area (Å²) in [5, 5.41) is 11.4. The molecular formula is C13H14N4O2S. The lowest BCUT2D eigenvalue weighted by atomic mass is 10.2. The highest BCUT2D eigenvalue weighted by Crippen LogP contribution is 2.32. The van der Waals surface area contributed by atoms with Crippen LogP contribution in [0.25, 0.3) is 0 Å². The predicted molar refractivity (Wildman–Crippen MR) is 78.7 cm³/mol. The number of hydrogen-bond donors (Lipinski definition) is 2. The quantitative estimate of drug-likeness (QED) is 0.510. The summed E-state index contributed by atoms with van der Waals surface area (Å²) in [4.78, 5) is 15.7. The fourth-order valence-electron chi connectivity index (χ4n) is 1.65. The molecule has 0 aliphatic heterocycles. The molecule has 7 heteroatoms. The second-order valence-electron chi connectivity index (χ2n) is 4.32. The Hall–Kier alpha value is -2.12. The lowest BCUT2D eigenvalue weighted by molar-refractivity contribution is -0.385. The van der Waals surface area contributed by atoms with Gasteiger partial charge >= 0.3 is 0 Å². The Morgan fingerprint density at radius 3 is 2.70 bits per heavy atom. The lowest BCUT2D eigenvalue weighted by Gasteiger charge is -2.07. The third-order valence-corrected chi connectivity index (χ3v) is 3.78. The highest BCUT2D eigenvalue weighted by molar-refractivity contribution is 7.99. The van der Waals surface area contributed by atoms with Gasteiger partial charge in [0.1, 0.15) is 10.8 Å². The summed E-state index contributed by atoms with van der Waals surface area (Å²) in [6.07, 6.45) is 0. The number of nitrogens with one attached hydrogen (secondary N) is 1. The fraction of sp³-hybridized carbons (Fsp3) is 0.154. The Morgan fingerprint density at radius 2 is 2.05 bits per heavy atom. The van der Waals surface area contributed by atoms with Gasteiger partial charge in [-0.05, 0) is 31.0 Å². The molecule has 0 spiro atoms. The Bertz CT molecular complexity index is 661. The number of anilines is 1. The van der Waals surface area contributed by atoms with E-state index in [4.69, 9.17) is 5.84 Å². The average Bonchev–Trinajstić information content (AvgIpc) is 2.42. The third-order valence-electron chi connectivity index (χ3n) is 2.70. The van der Waals surface area contributed by atoms with Crippen molar-refractivity contribution in [2.45, 2.75) is 23.8 Å². The van der Waals surface area contributed by atoms with E-state index in [1.54, 1.807) is 0 Å². The van der Waals surface area contributed by atoms with Crippen LogP contribution >= 0.6 is 11.8 Å². The van der Waals surface area contributed by atoms with E-state index in [-0.39, 0.29) is 11.5 Å². The number of nitro groups is 1. The molecule has 0 saturated carbocycles. The van der Waals surface area contributed by atoms with Crippen LogP contribution in [0.1, 0.15) is 11.1 Å². The molecule has 0 atom stereocenters. The molecule has 0 amide bonds. The highest BCUT2D eigenvalue weighted by atomic mass is 32.2. The van der Waals surface area contributed by atoms with Crippen LogP contribution in [0.2, 0.25) is 0 Å². The van der Waals surface area contributed by atoms with Crippen LogP contribution in [0.15, 0.2) is 40.3 Å². The Kier molecular flexibility index (Phi) is 4.21. The first-order valence-corrected chi connectivity index (χ1v) is 6.69. The molecule has 2 rings (SSSR count). The Balaban J connectivity index is 2.39. The third kappa shape index (κ3) is 3.25.